The maximum atomic E-state index is 12.0. The molecular weight excluding hydrogens is 292 g/mol. The lowest BCUT2D eigenvalue weighted by Crippen LogP contribution is -2.32. The molecule has 0 aromatic carbocycles. The quantitative estimate of drug-likeness (QED) is 0.421. The predicted octanol–water partition coefficient (Wildman–Crippen LogP) is 5.36. The summed E-state index contributed by atoms with van der Waals surface area (Å²) in [5.74, 6) is -0.366. The van der Waals surface area contributed by atoms with E-state index in [2.05, 4.69) is 27.7 Å². The van der Waals surface area contributed by atoms with Crippen molar-refractivity contribution in [2.75, 3.05) is 0 Å². The fourth-order valence-electron chi connectivity index (χ4n) is 2.92. The lowest BCUT2D eigenvalue weighted by Gasteiger charge is -2.31. The molecule has 0 atom stereocenters. The summed E-state index contributed by atoms with van der Waals surface area (Å²) >= 11 is 0. The van der Waals surface area contributed by atoms with Crippen molar-refractivity contribution in [3.8, 4) is 0 Å². The number of unbranched alkanes of at least 4 members (excludes halogenated alkanes) is 3. The zero-order valence-corrected chi connectivity index (χ0v) is 15.4. The molecule has 0 amide bonds. The van der Waals surface area contributed by atoms with Crippen LogP contribution in [0.5, 0.6) is 0 Å². The summed E-state index contributed by atoms with van der Waals surface area (Å²) in [6.45, 7) is 8.56. The Morgan fingerprint density at radius 1 is 0.783 bits per heavy atom. The highest BCUT2D eigenvalue weighted by molar-refractivity contribution is 5.74. The van der Waals surface area contributed by atoms with E-state index in [-0.39, 0.29) is 6.42 Å². The number of hydrogen-bond acceptors (Lipinski definition) is 2. The van der Waals surface area contributed by atoms with Crippen molar-refractivity contribution in [1.82, 2.24) is 0 Å². The van der Waals surface area contributed by atoms with Crippen LogP contribution in [-0.2, 0) is 9.59 Å². The van der Waals surface area contributed by atoms with Crippen molar-refractivity contribution < 1.29 is 19.8 Å². The van der Waals surface area contributed by atoms with Gasteiger partial charge in [0.05, 0.1) is 5.41 Å². The van der Waals surface area contributed by atoms with E-state index in [0.29, 0.717) is 18.3 Å². The summed E-state index contributed by atoms with van der Waals surface area (Å²) in [5, 5.41) is 18.5. The van der Waals surface area contributed by atoms with Crippen LogP contribution >= 0.6 is 0 Å². The van der Waals surface area contributed by atoms with Crippen LogP contribution in [0.25, 0.3) is 0 Å². The molecule has 0 aliphatic carbocycles. The van der Waals surface area contributed by atoms with Crippen LogP contribution in [0.3, 0.4) is 0 Å². The Morgan fingerprint density at radius 2 is 1.26 bits per heavy atom. The molecule has 136 valence electrons. The van der Waals surface area contributed by atoms with E-state index in [1.807, 2.05) is 0 Å². The highest BCUT2D eigenvalue weighted by Crippen LogP contribution is 2.38. The van der Waals surface area contributed by atoms with E-state index in [4.69, 9.17) is 5.11 Å². The Bertz CT molecular complexity index is 335. The van der Waals surface area contributed by atoms with Gasteiger partial charge in [0.25, 0.3) is 0 Å². The smallest absolute Gasteiger partial charge is 0.309 e. The molecule has 0 radical (unpaired) electrons. The zero-order chi connectivity index (χ0) is 17.9. The molecule has 0 saturated heterocycles. The lowest BCUT2D eigenvalue weighted by atomic mass is 9.73. The Balaban J connectivity index is 4.54. The molecule has 2 N–H and O–H groups in total. The maximum Gasteiger partial charge on any atom is 0.309 e. The molecule has 0 aromatic heterocycles. The molecule has 23 heavy (non-hydrogen) atoms. The molecule has 0 rings (SSSR count). The first-order chi connectivity index (χ1) is 10.7. The zero-order valence-electron chi connectivity index (χ0n) is 15.4. The van der Waals surface area contributed by atoms with E-state index in [0.717, 1.165) is 51.4 Å². The minimum Gasteiger partial charge on any atom is -0.481 e. The van der Waals surface area contributed by atoms with E-state index < -0.39 is 17.4 Å². The summed E-state index contributed by atoms with van der Waals surface area (Å²) in [6, 6.07) is 0. The van der Waals surface area contributed by atoms with Gasteiger partial charge in [0.15, 0.2) is 0 Å². The first-order valence-corrected chi connectivity index (χ1v) is 9.15. The largest absolute Gasteiger partial charge is 0.481 e. The van der Waals surface area contributed by atoms with Gasteiger partial charge in [-0.15, -0.1) is 0 Å². The number of rotatable bonds is 14. The van der Waals surface area contributed by atoms with Gasteiger partial charge >= 0.3 is 11.9 Å². The van der Waals surface area contributed by atoms with Gasteiger partial charge in [-0.25, -0.2) is 0 Å². The molecule has 0 fully saturated rings. The van der Waals surface area contributed by atoms with Crippen molar-refractivity contribution in [3.05, 3.63) is 0 Å². The summed E-state index contributed by atoms with van der Waals surface area (Å²) in [7, 11) is 0. The van der Waals surface area contributed by atoms with E-state index in [1.54, 1.807) is 0 Å². The number of hydrogen-bond donors (Lipinski definition) is 2. The Morgan fingerprint density at radius 3 is 1.65 bits per heavy atom. The fourth-order valence-corrected chi connectivity index (χ4v) is 2.92. The van der Waals surface area contributed by atoms with Crippen LogP contribution in [0.2, 0.25) is 0 Å². The van der Waals surface area contributed by atoms with E-state index >= 15 is 0 Å². The monoisotopic (exact) mass is 328 g/mol. The molecule has 0 spiro atoms. The summed E-state index contributed by atoms with van der Waals surface area (Å²) in [4.78, 5) is 22.5. The van der Waals surface area contributed by atoms with Gasteiger partial charge in [-0.2, -0.15) is 0 Å². The topological polar surface area (TPSA) is 74.6 Å². The normalized spacial score (nSPS) is 12.1. The first-order valence-electron chi connectivity index (χ1n) is 9.15. The highest BCUT2D eigenvalue weighted by Gasteiger charge is 2.37. The SMILES string of the molecule is CC(C)CCC(CCCCCCC(=O)O)(CCC(C)C)C(=O)O. The third-order valence-corrected chi connectivity index (χ3v) is 4.65. The van der Waals surface area contributed by atoms with Crippen LogP contribution in [0, 0.1) is 17.3 Å². The second-order valence-corrected chi connectivity index (χ2v) is 7.76. The lowest BCUT2D eigenvalue weighted by molar-refractivity contribution is -0.151. The molecule has 4 heteroatoms. The van der Waals surface area contributed by atoms with Gasteiger partial charge in [-0.05, 0) is 50.4 Å². The molecule has 0 aliphatic rings. The number of carboxylic acids is 2. The number of carbonyl (C=O) groups is 2. The number of carboxylic acid groups (broad SMARTS) is 2. The Kier molecular flexibility index (Phi) is 10.9. The van der Waals surface area contributed by atoms with Crippen LogP contribution in [0.15, 0.2) is 0 Å². The number of aliphatic carboxylic acids is 2. The summed E-state index contributed by atoms with van der Waals surface area (Å²) < 4.78 is 0. The second kappa shape index (κ2) is 11.5. The molecule has 4 nitrogen and oxygen atoms in total. The average Bonchev–Trinajstić information content (AvgIpc) is 2.43. The third-order valence-electron chi connectivity index (χ3n) is 4.65. The minimum atomic E-state index is -0.751. The molecule has 0 aliphatic heterocycles. The van der Waals surface area contributed by atoms with Crippen LogP contribution in [0.4, 0.5) is 0 Å². The van der Waals surface area contributed by atoms with Gasteiger partial charge in [0.1, 0.15) is 0 Å². The van der Waals surface area contributed by atoms with Crippen molar-refractivity contribution in [2.24, 2.45) is 17.3 Å². The van der Waals surface area contributed by atoms with Gasteiger partial charge < -0.3 is 10.2 Å². The van der Waals surface area contributed by atoms with Crippen molar-refractivity contribution in [2.45, 2.75) is 91.9 Å². The first kappa shape index (κ1) is 21.9. The molecular formula is C19H36O4. The maximum absolute atomic E-state index is 12.0. The van der Waals surface area contributed by atoms with Crippen molar-refractivity contribution in [3.63, 3.8) is 0 Å². The fraction of sp³-hybridized carbons (Fsp3) is 0.895. The van der Waals surface area contributed by atoms with Crippen LogP contribution in [0.1, 0.15) is 91.9 Å². The standard InChI is InChI=1S/C19H36O4/c1-15(2)10-13-19(18(22)23,14-11-16(3)4)12-8-6-5-7-9-17(20)21/h15-16H,5-14H2,1-4H3,(H,20,21)(H,22,23). The Labute approximate surface area is 141 Å². The van der Waals surface area contributed by atoms with Crippen LogP contribution < -0.4 is 0 Å². The molecule has 0 aromatic rings. The van der Waals surface area contributed by atoms with Gasteiger partial charge in [-0.3, -0.25) is 9.59 Å². The van der Waals surface area contributed by atoms with Gasteiger partial charge in [0.2, 0.25) is 0 Å². The Hall–Kier alpha value is -1.06. The van der Waals surface area contributed by atoms with E-state index in [9.17, 15) is 14.7 Å². The van der Waals surface area contributed by atoms with Gasteiger partial charge in [0, 0.05) is 6.42 Å². The molecule has 0 bridgehead atoms. The molecule has 0 saturated carbocycles. The molecule has 0 unspecified atom stereocenters. The highest BCUT2D eigenvalue weighted by atomic mass is 16.4. The van der Waals surface area contributed by atoms with Crippen LogP contribution in [-0.4, -0.2) is 22.2 Å². The minimum absolute atomic E-state index is 0.213. The third kappa shape index (κ3) is 10.4. The summed E-state index contributed by atoms with van der Waals surface area (Å²) in [6.07, 6.45) is 7.69. The predicted molar refractivity (Wildman–Crippen MR) is 93.6 cm³/mol. The van der Waals surface area contributed by atoms with Crippen molar-refractivity contribution in [1.29, 1.82) is 0 Å². The van der Waals surface area contributed by atoms with Crippen molar-refractivity contribution >= 4 is 11.9 Å². The second-order valence-electron chi connectivity index (χ2n) is 7.76. The van der Waals surface area contributed by atoms with E-state index in [1.165, 1.54) is 0 Å². The summed E-state index contributed by atoms with van der Waals surface area (Å²) in [5.41, 5.74) is -0.596. The average molecular weight is 328 g/mol. The molecule has 0 heterocycles. The van der Waals surface area contributed by atoms with Gasteiger partial charge in [-0.1, -0.05) is 47.0 Å².